The molecule has 2 N–H and O–H groups in total. The summed E-state index contributed by atoms with van der Waals surface area (Å²) in [7, 11) is 0. The van der Waals surface area contributed by atoms with Crippen molar-refractivity contribution in [3.8, 4) is 11.5 Å². The number of hydrogen-bond donors (Lipinski definition) is 2. The summed E-state index contributed by atoms with van der Waals surface area (Å²) in [6.07, 6.45) is 4.37. The fraction of sp³-hybridized carbons (Fsp3) is 0.400. The van der Waals surface area contributed by atoms with Gasteiger partial charge in [0.15, 0.2) is 11.5 Å². The van der Waals surface area contributed by atoms with Crippen molar-refractivity contribution in [1.29, 1.82) is 0 Å². The minimum absolute atomic E-state index is 0.124. The van der Waals surface area contributed by atoms with Gasteiger partial charge in [0.2, 0.25) is 5.91 Å². The Morgan fingerprint density at radius 3 is 2.61 bits per heavy atom. The maximum Gasteiger partial charge on any atom is 0.328 e. The van der Waals surface area contributed by atoms with Gasteiger partial charge < -0.3 is 14.8 Å². The molecule has 2 aromatic carbocycles. The minimum atomic E-state index is -0.505. The molecule has 2 aliphatic rings. The normalized spacial score (nSPS) is 16.6. The van der Waals surface area contributed by atoms with Crippen molar-refractivity contribution in [1.82, 2.24) is 14.9 Å². The molecule has 2 heterocycles. The summed E-state index contributed by atoms with van der Waals surface area (Å²) < 4.78 is 12.9. The number of carbonyl (C=O) groups is 1. The van der Waals surface area contributed by atoms with Crippen LogP contribution in [-0.4, -0.2) is 35.2 Å². The smallest absolute Gasteiger partial charge is 0.328 e. The summed E-state index contributed by atoms with van der Waals surface area (Å²) in [6.45, 7) is 1.83. The van der Waals surface area contributed by atoms with Crippen LogP contribution in [-0.2, 0) is 16.8 Å². The molecule has 1 fully saturated rings. The van der Waals surface area contributed by atoms with E-state index in [1.165, 1.54) is 4.57 Å². The van der Waals surface area contributed by atoms with E-state index in [0.29, 0.717) is 30.7 Å². The molecule has 0 spiro atoms. The van der Waals surface area contributed by atoms with Crippen LogP contribution in [0.25, 0.3) is 10.9 Å². The predicted molar refractivity (Wildman–Crippen MR) is 124 cm³/mol. The maximum absolute atomic E-state index is 12.8. The highest BCUT2D eigenvalue weighted by Crippen LogP contribution is 2.43. The molecule has 5 rings (SSSR count). The Labute approximate surface area is 190 Å². The number of para-hydroxylation sites is 1. The summed E-state index contributed by atoms with van der Waals surface area (Å²) >= 11 is 0. The second-order valence-electron chi connectivity index (χ2n) is 8.80. The number of nitrogens with one attached hydrogen (secondary N) is 2. The van der Waals surface area contributed by atoms with E-state index in [0.717, 1.165) is 42.7 Å². The van der Waals surface area contributed by atoms with Crippen molar-refractivity contribution in [2.45, 2.75) is 44.1 Å². The van der Waals surface area contributed by atoms with Crippen LogP contribution < -0.4 is 26.0 Å². The fourth-order valence-corrected chi connectivity index (χ4v) is 5.03. The van der Waals surface area contributed by atoms with Gasteiger partial charge in [0.1, 0.15) is 13.2 Å². The van der Waals surface area contributed by atoms with E-state index >= 15 is 0 Å². The van der Waals surface area contributed by atoms with E-state index in [4.69, 9.17) is 9.47 Å². The van der Waals surface area contributed by atoms with Gasteiger partial charge in [-0.05, 0) is 42.7 Å². The highest BCUT2D eigenvalue weighted by molar-refractivity contribution is 5.79. The first-order chi connectivity index (χ1) is 16.1. The minimum Gasteiger partial charge on any atom is -0.486 e. The summed E-state index contributed by atoms with van der Waals surface area (Å²) in [4.78, 5) is 39.5. The molecule has 0 atom stereocenters. The molecule has 0 unspecified atom stereocenters. The Bertz CT molecular complexity index is 1300. The Kier molecular flexibility index (Phi) is 5.66. The van der Waals surface area contributed by atoms with Crippen LogP contribution in [0.15, 0.2) is 52.1 Å². The van der Waals surface area contributed by atoms with E-state index in [1.54, 1.807) is 24.3 Å². The van der Waals surface area contributed by atoms with Crippen LogP contribution in [0.5, 0.6) is 11.5 Å². The zero-order valence-electron chi connectivity index (χ0n) is 18.4. The molecule has 0 saturated heterocycles. The molecule has 1 saturated carbocycles. The van der Waals surface area contributed by atoms with Crippen LogP contribution in [0, 0.1) is 0 Å². The Hall–Kier alpha value is -3.55. The largest absolute Gasteiger partial charge is 0.486 e. The molecule has 1 amide bonds. The Morgan fingerprint density at radius 2 is 1.79 bits per heavy atom. The van der Waals surface area contributed by atoms with Gasteiger partial charge in [0.25, 0.3) is 5.56 Å². The predicted octanol–water partition coefficient (Wildman–Crippen LogP) is 2.48. The van der Waals surface area contributed by atoms with Crippen molar-refractivity contribution in [3.63, 3.8) is 0 Å². The van der Waals surface area contributed by atoms with Crippen molar-refractivity contribution in [2.24, 2.45) is 0 Å². The monoisotopic (exact) mass is 449 g/mol. The van der Waals surface area contributed by atoms with Gasteiger partial charge >= 0.3 is 5.69 Å². The molecule has 8 heteroatoms. The molecule has 0 bridgehead atoms. The number of aromatic amines is 1. The van der Waals surface area contributed by atoms with Crippen LogP contribution >= 0.6 is 0 Å². The van der Waals surface area contributed by atoms with Gasteiger partial charge in [-0.2, -0.15) is 0 Å². The number of ether oxygens (including phenoxy) is 2. The third-order valence-electron chi connectivity index (χ3n) is 6.81. The first kappa shape index (κ1) is 21.3. The highest BCUT2D eigenvalue weighted by Gasteiger charge is 2.36. The SMILES string of the molecule is O=C(CCn1c(=O)[nH]c(=O)c2ccccc21)NCC1(c2ccc3c(c2)OCCO3)CCCC1. The Balaban J connectivity index is 1.29. The highest BCUT2D eigenvalue weighted by atomic mass is 16.6. The van der Waals surface area contributed by atoms with Gasteiger partial charge in [-0.3, -0.25) is 19.1 Å². The number of aryl methyl sites for hydroxylation is 1. The fourth-order valence-electron chi connectivity index (χ4n) is 5.03. The van der Waals surface area contributed by atoms with Gasteiger partial charge in [-0.1, -0.05) is 31.0 Å². The number of H-pyrrole nitrogens is 1. The first-order valence-electron chi connectivity index (χ1n) is 11.4. The van der Waals surface area contributed by atoms with Crippen molar-refractivity contribution >= 4 is 16.8 Å². The number of benzene rings is 2. The van der Waals surface area contributed by atoms with Crippen molar-refractivity contribution in [3.05, 3.63) is 68.9 Å². The second-order valence-corrected chi connectivity index (χ2v) is 8.80. The van der Waals surface area contributed by atoms with Gasteiger partial charge in [-0.25, -0.2) is 4.79 Å². The van der Waals surface area contributed by atoms with Gasteiger partial charge in [-0.15, -0.1) is 0 Å². The van der Waals surface area contributed by atoms with Crippen LogP contribution in [0.3, 0.4) is 0 Å². The van der Waals surface area contributed by atoms with Gasteiger partial charge in [0, 0.05) is 24.9 Å². The number of carbonyl (C=O) groups excluding carboxylic acids is 1. The average molecular weight is 450 g/mol. The third-order valence-corrected chi connectivity index (χ3v) is 6.81. The number of nitrogens with zero attached hydrogens (tertiary/aromatic N) is 1. The number of hydrogen-bond acceptors (Lipinski definition) is 5. The van der Waals surface area contributed by atoms with Crippen molar-refractivity contribution in [2.75, 3.05) is 19.8 Å². The van der Waals surface area contributed by atoms with E-state index in [1.807, 2.05) is 6.07 Å². The third kappa shape index (κ3) is 4.13. The number of amides is 1. The van der Waals surface area contributed by atoms with E-state index < -0.39 is 11.2 Å². The van der Waals surface area contributed by atoms with Crippen molar-refractivity contribution < 1.29 is 14.3 Å². The summed E-state index contributed by atoms with van der Waals surface area (Å²) in [5.74, 6) is 1.41. The summed E-state index contributed by atoms with van der Waals surface area (Å²) in [6, 6.07) is 13.0. The molecule has 3 aromatic rings. The number of fused-ring (bicyclic) bond motifs is 2. The van der Waals surface area contributed by atoms with Crippen LogP contribution in [0.1, 0.15) is 37.7 Å². The van der Waals surface area contributed by atoms with Gasteiger partial charge in [0.05, 0.1) is 10.9 Å². The van der Waals surface area contributed by atoms with E-state index in [2.05, 4.69) is 22.4 Å². The lowest BCUT2D eigenvalue weighted by Gasteiger charge is -2.31. The molecule has 1 aliphatic heterocycles. The molecular formula is C25H27N3O5. The lowest BCUT2D eigenvalue weighted by Crippen LogP contribution is -2.40. The zero-order valence-corrected chi connectivity index (χ0v) is 18.4. The topological polar surface area (TPSA) is 102 Å². The molecule has 172 valence electrons. The van der Waals surface area contributed by atoms with E-state index in [9.17, 15) is 14.4 Å². The van der Waals surface area contributed by atoms with Crippen LogP contribution in [0.2, 0.25) is 0 Å². The lowest BCUT2D eigenvalue weighted by molar-refractivity contribution is -0.121. The zero-order chi connectivity index (χ0) is 22.8. The molecule has 1 aliphatic carbocycles. The summed E-state index contributed by atoms with van der Waals surface area (Å²) in [5.41, 5.74) is 0.636. The second kappa shape index (κ2) is 8.77. The first-order valence-corrected chi connectivity index (χ1v) is 11.4. The average Bonchev–Trinajstić information content (AvgIpc) is 3.32. The molecule has 8 nitrogen and oxygen atoms in total. The molecule has 1 aromatic heterocycles. The lowest BCUT2D eigenvalue weighted by atomic mass is 9.78. The maximum atomic E-state index is 12.8. The quantitative estimate of drug-likeness (QED) is 0.602. The standard InChI is InChI=1S/C25H27N3O5/c29-22(9-12-28-19-6-2-1-5-18(19)23(30)27-24(28)31)26-16-25(10-3-4-11-25)17-7-8-20-21(15-17)33-14-13-32-20/h1-2,5-8,15H,3-4,9-14,16H2,(H,26,29)(H,27,30,31). The molecular weight excluding hydrogens is 422 g/mol. The van der Waals surface area contributed by atoms with E-state index in [-0.39, 0.29) is 24.3 Å². The Morgan fingerprint density at radius 1 is 1.03 bits per heavy atom. The van der Waals surface area contributed by atoms with Crippen LogP contribution in [0.4, 0.5) is 0 Å². The molecule has 33 heavy (non-hydrogen) atoms. The molecule has 0 radical (unpaired) electrons. The number of rotatable bonds is 6. The summed E-state index contributed by atoms with van der Waals surface area (Å²) in [5, 5.41) is 3.53. The number of aromatic nitrogens is 2.